The molecule has 1 aromatic carbocycles. The molecule has 2 rings (SSSR count). The van der Waals surface area contributed by atoms with Gasteiger partial charge in [-0.1, -0.05) is 24.3 Å². The largest absolute Gasteiger partial charge is 0.312 e. The molecule has 0 saturated heterocycles. The Hall–Kier alpha value is -1.19. The Kier molecular flexibility index (Phi) is 3.70. The van der Waals surface area contributed by atoms with Gasteiger partial charge in [0.15, 0.2) is 0 Å². The van der Waals surface area contributed by atoms with Gasteiger partial charge in [0.2, 0.25) is 0 Å². The minimum absolute atomic E-state index is 0.126. The van der Waals surface area contributed by atoms with Crippen molar-refractivity contribution in [1.29, 1.82) is 0 Å². The molecule has 1 heterocycles. The molecule has 0 spiro atoms. The van der Waals surface area contributed by atoms with Crippen LogP contribution >= 0.6 is 11.3 Å². The van der Waals surface area contributed by atoms with Crippen LogP contribution in [0.3, 0.4) is 0 Å². The molecule has 1 N–H and O–H groups in total. The van der Waals surface area contributed by atoms with E-state index in [0.29, 0.717) is 6.42 Å². The summed E-state index contributed by atoms with van der Waals surface area (Å²) in [7, 11) is 1.91. The van der Waals surface area contributed by atoms with Crippen molar-refractivity contribution in [2.45, 2.75) is 12.5 Å². The molecule has 84 valence electrons. The van der Waals surface area contributed by atoms with Crippen LogP contribution in [0.4, 0.5) is 4.39 Å². The van der Waals surface area contributed by atoms with Gasteiger partial charge in [-0.3, -0.25) is 0 Å². The first-order chi connectivity index (χ1) is 7.81. The Morgan fingerprint density at radius 3 is 2.69 bits per heavy atom. The van der Waals surface area contributed by atoms with Crippen molar-refractivity contribution in [2.75, 3.05) is 7.05 Å². The molecule has 0 bridgehead atoms. The molecule has 16 heavy (non-hydrogen) atoms. The molecule has 1 nitrogen and oxygen atoms in total. The van der Waals surface area contributed by atoms with Gasteiger partial charge in [-0.25, -0.2) is 4.39 Å². The topological polar surface area (TPSA) is 12.0 Å². The van der Waals surface area contributed by atoms with Crippen molar-refractivity contribution in [1.82, 2.24) is 5.32 Å². The van der Waals surface area contributed by atoms with Crippen molar-refractivity contribution in [3.8, 4) is 0 Å². The van der Waals surface area contributed by atoms with E-state index in [1.165, 1.54) is 10.9 Å². The van der Waals surface area contributed by atoms with Gasteiger partial charge in [-0.05, 0) is 36.5 Å². The highest BCUT2D eigenvalue weighted by Gasteiger charge is 2.12. The van der Waals surface area contributed by atoms with E-state index in [1.54, 1.807) is 17.4 Å². The van der Waals surface area contributed by atoms with Crippen molar-refractivity contribution in [3.05, 3.63) is 58.0 Å². The molecule has 0 aliphatic carbocycles. The standard InChI is InChI=1S/C13H14FNS/c1-15-12(13-7-4-8-16-13)9-10-5-2-3-6-11(10)14/h2-8,12,15H,9H2,1H3. The second-order valence-corrected chi connectivity index (χ2v) is 4.63. The van der Waals surface area contributed by atoms with Crippen LogP contribution < -0.4 is 5.32 Å². The number of hydrogen-bond acceptors (Lipinski definition) is 2. The van der Waals surface area contributed by atoms with Crippen LogP contribution in [0.15, 0.2) is 41.8 Å². The third kappa shape index (κ3) is 2.49. The zero-order valence-electron chi connectivity index (χ0n) is 9.11. The fraction of sp³-hybridized carbons (Fsp3) is 0.231. The maximum absolute atomic E-state index is 13.5. The Bertz CT molecular complexity index is 439. The average Bonchev–Trinajstić information content (AvgIpc) is 2.81. The number of nitrogens with one attached hydrogen (secondary N) is 1. The second kappa shape index (κ2) is 5.23. The zero-order valence-corrected chi connectivity index (χ0v) is 9.93. The summed E-state index contributed by atoms with van der Waals surface area (Å²) in [4.78, 5) is 1.24. The van der Waals surface area contributed by atoms with Crippen LogP contribution in [0, 0.1) is 5.82 Å². The van der Waals surface area contributed by atoms with Crippen LogP contribution in [-0.2, 0) is 6.42 Å². The lowest BCUT2D eigenvalue weighted by Gasteiger charge is -2.14. The number of rotatable bonds is 4. The molecule has 1 atom stereocenters. The summed E-state index contributed by atoms with van der Waals surface area (Å²) in [5, 5.41) is 5.27. The lowest BCUT2D eigenvalue weighted by molar-refractivity contribution is 0.560. The molecule has 0 aliphatic heterocycles. The maximum Gasteiger partial charge on any atom is 0.126 e. The maximum atomic E-state index is 13.5. The van der Waals surface area contributed by atoms with Crippen molar-refractivity contribution in [3.63, 3.8) is 0 Å². The van der Waals surface area contributed by atoms with E-state index < -0.39 is 0 Å². The Morgan fingerprint density at radius 1 is 1.25 bits per heavy atom. The van der Waals surface area contributed by atoms with Gasteiger partial charge >= 0.3 is 0 Å². The molecule has 0 amide bonds. The Morgan fingerprint density at radius 2 is 2.06 bits per heavy atom. The zero-order chi connectivity index (χ0) is 11.4. The molecule has 2 aromatic rings. The van der Waals surface area contributed by atoms with Gasteiger partial charge < -0.3 is 5.32 Å². The van der Waals surface area contributed by atoms with Gasteiger partial charge in [0.1, 0.15) is 5.82 Å². The van der Waals surface area contributed by atoms with E-state index in [0.717, 1.165) is 5.56 Å². The monoisotopic (exact) mass is 235 g/mol. The number of hydrogen-bond donors (Lipinski definition) is 1. The summed E-state index contributed by atoms with van der Waals surface area (Å²) < 4.78 is 13.5. The van der Waals surface area contributed by atoms with Crippen molar-refractivity contribution < 1.29 is 4.39 Å². The summed E-state index contributed by atoms with van der Waals surface area (Å²) in [6.07, 6.45) is 0.684. The molecule has 3 heteroatoms. The van der Waals surface area contributed by atoms with E-state index in [4.69, 9.17) is 0 Å². The van der Waals surface area contributed by atoms with Crippen LogP contribution in [0.2, 0.25) is 0 Å². The third-order valence-electron chi connectivity index (χ3n) is 2.62. The van der Waals surface area contributed by atoms with E-state index in [2.05, 4.69) is 11.4 Å². The van der Waals surface area contributed by atoms with Crippen LogP contribution in [-0.4, -0.2) is 7.05 Å². The third-order valence-corrected chi connectivity index (χ3v) is 3.60. The Balaban J connectivity index is 2.17. The van der Waals surface area contributed by atoms with Gasteiger partial charge in [0.05, 0.1) is 0 Å². The first kappa shape index (κ1) is 11.3. The van der Waals surface area contributed by atoms with Crippen LogP contribution in [0.5, 0.6) is 0 Å². The summed E-state index contributed by atoms with van der Waals surface area (Å²) in [5.41, 5.74) is 0.759. The summed E-state index contributed by atoms with van der Waals surface area (Å²) >= 11 is 1.70. The number of thiophene rings is 1. The molecule has 0 radical (unpaired) electrons. The number of benzene rings is 1. The number of likely N-dealkylation sites (N-methyl/N-ethyl adjacent to an activating group) is 1. The first-order valence-corrected chi connectivity index (χ1v) is 6.13. The first-order valence-electron chi connectivity index (χ1n) is 5.25. The van der Waals surface area contributed by atoms with E-state index in [-0.39, 0.29) is 11.9 Å². The molecule has 0 fully saturated rings. The van der Waals surface area contributed by atoms with Gasteiger partial charge in [0.25, 0.3) is 0 Å². The SMILES string of the molecule is CNC(Cc1ccccc1F)c1cccs1. The molecule has 1 aromatic heterocycles. The molecular weight excluding hydrogens is 221 g/mol. The van der Waals surface area contributed by atoms with Crippen molar-refractivity contribution in [2.24, 2.45) is 0 Å². The quantitative estimate of drug-likeness (QED) is 0.856. The fourth-order valence-corrected chi connectivity index (χ4v) is 2.56. The van der Waals surface area contributed by atoms with Gasteiger partial charge in [-0.2, -0.15) is 0 Å². The molecular formula is C13H14FNS. The molecule has 0 aliphatic rings. The highest BCUT2D eigenvalue weighted by atomic mass is 32.1. The average molecular weight is 235 g/mol. The predicted molar refractivity (Wildman–Crippen MR) is 66.2 cm³/mol. The van der Waals surface area contributed by atoms with E-state index >= 15 is 0 Å². The Labute approximate surface area is 98.9 Å². The second-order valence-electron chi connectivity index (χ2n) is 3.65. The van der Waals surface area contributed by atoms with Crippen LogP contribution in [0.1, 0.15) is 16.5 Å². The molecule has 1 unspecified atom stereocenters. The fourth-order valence-electron chi connectivity index (χ4n) is 1.72. The van der Waals surface area contributed by atoms with Crippen LogP contribution in [0.25, 0.3) is 0 Å². The van der Waals surface area contributed by atoms with Gasteiger partial charge in [0, 0.05) is 10.9 Å². The summed E-state index contributed by atoms with van der Waals surface area (Å²) in [6, 6.07) is 11.2. The van der Waals surface area contributed by atoms with Crippen molar-refractivity contribution >= 4 is 11.3 Å². The summed E-state index contributed by atoms with van der Waals surface area (Å²) in [6.45, 7) is 0. The van der Waals surface area contributed by atoms with E-state index in [1.807, 2.05) is 30.6 Å². The smallest absolute Gasteiger partial charge is 0.126 e. The minimum atomic E-state index is -0.126. The predicted octanol–water partition coefficient (Wildman–Crippen LogP) is 3.39. The molecule has 0 saturated carbocycles. The lowest BCUT2D eigenvalue weighted by Crippen LogP contribution is -2.18. The lowest BCUT2D eigenvalue weighted by atomic mass is 10.0. The highest BCUT2D eigenvalue weighted by molar-refractivity contribution is 7.10. The minimum Gasteiger partial charge on any atom is -0.312 e. The highest BCUT2D eigenvalue weighted by Crippen LogP contribution is 2.23. The van der Waals surface area contributed by atoms with Gasteiger partial charge in [-0.15, -0.1) is 11.3 Å². The normalized spacial score (nSPS) is 12.6. The number of halogens is 1. The summed E-state index contributed by atoms with van der Waals surface area (Å²) in [5.74, 6) is -0.126. The van der Waals surface area contributed by atoms with E-state index in [9.17, 15) is 4.39 Å².